The number of sulfone groups is 1. The summed E-state index contributed by atoms with van der Waals surface area (Å²) in [5.74, 6) is -0.590. The predicted octanol–water partition coefficient (Wildman–Crippen LogP) is 18.4. The number of fused-ring (bicyclic) bond motifs is 6. The van der Waals surface area contributed by atoms with Crippen LogP contribution in [0.3, 0.4) is 0 Å². The van der Waals surface area contributed by atoms with Crippen molar-refractivity contribution in [1.29, 1.82) is 0 Å². The lowest BCUT2D eigenvalue weighted by Gasteiger charge is -2.26. The number of rotatable bonds is 21. The Bertz CT molecular complexity index is 6290. The maximum absolute atomic E-state index is 14.0. The number of ketones is 2. The first kappa shape index (κ1) is 76.5. The summed E-state index contributed by atoms with van der Waals surface area (Å²) in [4.78, 5) is 48.6. The van der Waals surface area contributed by atoms with Gasteiger partial charge in [0, 0.05) is 184 Å². The SMILES string of the molecule is CC(=O)NCCCC(=O)c1ccc(-c2c(C3CCOCC3)n(-c3ccc(F)cc3)c3cc4cn[nH]c4cc23)cc1.NC(=O)c1ccc(-c2c(C3CCOCC3)n(-c3ccc(F)cc3)c3cc4cn[nH]c4cc23)cc1.O=C(CCCS(=O)(=O)C1CC1)c1ccc(-c2c(C3CCOCC3)n(-c3ccc(F)cc3)c3cc4cn[nH]c4cc23)cc1. The van der Waals surface area contributed by atoms with E-state index in [4.69, 9.17) is 19.9 Å². The number of benzene rings is 9. The molecule has 0 unspecified atom stereocenters. The molecular formula is C92H86F3N11O9S. The van der Waals surface area contributed by atoms with Gasteiger partial charge in [-0.25, -0.2) is 21.6 Å². The summed E-state index contributed by atoms with van der Waals surface area (Å²) in [5, 5.41) is 30.7. The average Bonchev–Trinajstić information content (AvgIpc) is 1.58. The first-order valence-corrected chi connectivity index (χ1v) is 41.4. The van der Waals surface area contributed by atoms with E-state index in [9.17, 15) is 40.8 Å². The summed E-state index contributed by atoms with van der Waals surface area (Å²) in [6.45, 7) is 6.06. The van der Waals surface area contributed by atoms with Crippen molar-refractivity contribution in [3.63, 3.8) is 0 Å². The van der Waals surface area contributed by atoms with Crippen LogP contribution in [0.5, 0.6) is 0 Å². The van der Waals surface area contributed by atoms with Gasteiger partial charge in [0.1, 0.15) is 17.5 Å². The van der Waals surface area contributed by atoms with Gasteiger partial charge in [0.2, 0.25) is 11.8 Å². The number of ether oxygens (including phenoxy) is 3. The summed E-state index contributed by atoms with van der Waals surface area (Å²) in [7, 11) is -3.07. The Labute approximate surface area is 666 Å². The van der Waals surface area contributed by atoms with Gasteiger partial charge in [-0.1, -0.05) is 60.7 Å². The number of nitrogens with zero attached hydrogens (tertiary/aromatic N) is 6. The molecule has 19 rings (SSSR count). The molecule has 15 aromatic rings. The smallest absolute Gasteiger partial charge is 0.248 e. The number of hydrogen-bond donors (Lipinski definition) is 5. The van der Waals surface area contributed by atoms with Crippen molar-refractivity contribution in [3.05, 3.63) is 252 Å². The molecular weight excluding hydrogens is 1490 g/mol. The third kappa shape index (κ3) is 15.7. The fourth-order valence-corrected chi connectivity index (χ4v) is 18.8. The number of hydrogen-bond acceptors (Lipinski definition) is 12. The molecule has 1 aliphatic carbocycles. The molecule has 0 bridgehead atoms. The Morgan fingerprint density at radius 3 is 1.07 bits per heavy atom. The summed E-state index contributed by atoms with van der Waals surface area (Å²) >= 11 is 0. The van der Waals surface area contributed by atoms with Crippen LogP contribution >= 0.6 is 0 Å². The number of nitrogens with one attached hydrogen (secondary N) is 4. The number of amides is 2. The van der Waals surface area contributed by atoms with Crippen molar-refractivity contribution < 1.29 is 55.0 Å². The van der Waals surface area contributed by atoms with Gasteiger partial charge in [0.25, 0.3) is 0 Å². The largest absolute Gasteiger partial charge is 0.381 e. The highest BCUT2D eigenvalue weighted by atomic mass is 32.2. The first-order valence-electron chi connectivity index (χ1n) is 39.7. The van der Waals surface area contributed by atoms with Crippen molar-refractivity contribution >= 4 is 98.6 Å². The number of halogens is 3. The predicted molar refractivity (Wildman–Crippen MR) is 444 cm³/mol. The molecule has 590 valence electrons. The number of primary amides is 1. The van der Waals surface area contributed by atoms with E-state index >= 15 is 0 Å². The monoisotopic (exact) mass is 1580 g/mol. The molecule has 24 heteroatoms. The summed E-state index contributed by atoms with van der Waals surface area (Å²) in [5.41, 5.74) is 25.5. The molecule has 4 fully saturated rings. The minimum absolute atomic E-state index is 0.0504. The zero-order valence-corrected chi connectivity index (χ0v) is 64.8. The normalized spacial score (nSPS) is 15.1. The number of nitrogens with two attached hydrogens (primary N) is 1. The third-order valence-corrected chi connectivity index (χ3v) is 25.4. The lowest BCUT2D eigenvalue weighted by atomic mass is 9.89. The Balaban J connectivity index is 0.000000126. The minimum atomic E-state index is -3.07. The highest BCUT2D eigenvalue weighted by Gasteiger charge is 2.36. The molecule has 6 N–H and O–H groups in total. The van der Waals surface area contributed by atoms with Gasteiger partial charge in [-0.15, -0.1) is 0 Å². The van der Waals surface area contributed by atoms with E-state index in [2.05, 4.69) is 86.0 Å². The molecule has 3 aliphatic heterocycles. The van der Waals surface area contributed by atoms with Gasteiger partial charge in [-0.3, -0.25) is 34.5 Å². The molecule has 116 heavy (non-hydrogen) atoms. The van der Waals surface area contributed by atoms with Gasteiger partial charge in [0.05, 0.1) is 62.7 Å². The molecule has 9 heterocycles. The van der Waals surface area contributed by atoms with Crippen LogP contribution in [0.2, 0.25) is 0 Å². The lowest BCUT2D eigenvalue weighted by Crippen LogP contribution is -2.21. The molecule has 1 saturated carbocycles. The number of Topliss-reactive ketones (excluding diaryl/α,β-unsaturated/α-hetero) is 2. The van der Waals surface area contributed by atoms with Crippen LogP contribution in [-0.4, -0.2) is 133 Å². The van der Waals surface area contributed by atoms with E-state index in [1.54, 1.807) is 18.3 Å². The Hall–Kier alpha value is -12.1. The standard InChI is InChI=1S/C33H32FN3O4S.C32H31FN4O3.C27H23FN4O2/c34-25-7-9-26(10-8-25)37-30-18-24-20-35-36-29(24)19-28(30)32(33(37)23-13-15-41-16-14-23)22-5-3-21(4-6-22)31(38)2-1-17-42(39,40)27-11-12-27;1-20(38)34-14-2-3-30(39)21-4-6-22(7-5-21)31-27-18-28-24(19-35-36-28)17-29(27)37(26-10-8-25(33)9-11-26)32(31)23-12-15-40-16-13-23;28-20-5-7-21(8-6-20)32-24-13-19-15-30-31-23(19)14-22(24)25(26(32)17-9-11-34-12-10-17)16-1-3-18(4-2-16)27(29)33/h3-10,18-20,23,27H,1-2,11-17H2,(H,35,36);4-11,17-19,23H,2-3,12-16H2,1H3,(H,34,38)(H,35,36);1-8,13-15,17H,9-12H2,(H2,29,33)(H,30,31). The molecule has 2 amide bonds. The first-order chi connectivity index (χ1) is 56.5. The van der Waals surface area contributed by atoms with Gasteiger partial charge in [0.15, 0.2) is 21.4 Å². The number of aromatic amines is 3. The van der Waals surface area contributed by atoms with E-state index in [1.807, 2.05) is 109 Å². The second-order valence-electron chi connectivity index (χ2n) is 30.6. The van der Waals surface area contributed by atoms with Gasteiger partial charge in [-0.05, 0) is 202 Å². The average molecular weight is 1580 g/mol. The van der Waals surface area contributed by atoms with E-state index in [1.165, 1.54) is 49.0 Å². The molecule has 0 spiro atoms. The third-order valence-electron chi connectivity index (χ3n) is 23.0. The van der Waals surface area contributed by atoms with E-state index in [-0.39, 0.29) is 70.1 Å². The van der Waals surface area contributed by atoms with Gasteiger partial charge >= 0.3 is 0 Å². The van der Waals surface area contributed by atoms with Gasteiger partial charge < -0.3 is 39.0 Å². The summed E-state index contributed by atoms with van der Waals surface area (Å²) in [6.07, 6.45) is 13.7. The van der Waals surface area contributed by atoms with Crippen molar-refractivity contribution in [3.8, 4) is 50.4 Å². The van der Waals surface area contributed by atoms with E-state index < -0.39 is 15.7 Å². The Kier molecular flexibility index (Phi) is 21.8. The highest BCUT2D eigenvalue weighted by molar-refractivity contribution is 7.92. The van der Waals surface area contributed by atoms with Crippen molar-refractivity contribution in [2.24, 2.45) is 5.73 Å². The molecule has 6 aromatic heterocycles. The van der Waals surface area contributed by atoms with Crippen LogP contribution < -0.4 is 11.1 Å². The van der Waals surface area contributed by atoms with Crippen LogP contribution in [0.15, 0.2) is 201 Å². The second kappa shape index (κ2) is 33.0. The molecule has 0 radical (unpaired) electrons. The maximum Gasteiger partial charge on any atom is 0.248 e. The summed E-state index contributed by atoms with van der Waals surface area (Å²) in [6, 6.07) is 55.5. The number of H-pyrrole nitrogens is 3. The van der Waals surface area contributed by atoms with E-state index in [0.29, 0.717) is 82.1 Å². The Morgan fingerprint density at radius 2 is 0.759 bits per heavy atom. The minimum Gasteiger partial charge on any atom is -0.381 e. The zero-order valence-electron chi connectivity index (χ0n) is 64.0. The number of carbonyl (C=O) groups excluding carboxylic acids is 4. The molecule has 3 saturated heterocycles. The second-order valence-corrected chi connectivity index (χ2v) is 33.0. The van der Waals surface area contributed by atoms with Crippen molar-refractivity contribution in [2.45, 2.75) is 107 Å². The zero-order chi connectivity index (χ0) is 79.7. The topological polar surface area (TPSA) is 269 Å². The molecule has 0 atom stereocenters. The fraction of sp³-hybridized carbons (Fsp3) is 0.272. The number of aromatic nitrogens is 9. The lowest BCUT2D eigenvalue weighted by molar-refractivity contribution is -0.118. The van der Waals surface area contributed by atoms with Crippen molar-refractivity contribution in [1.82, 2.24) is 49.6 Å². The van der Waals surface area contributed by atoms with Crippen LogP contribution in [0.1, 0.15) is 150 Å². The maximum atomic E-state index is 14.0. The van der Waals surface area contributed by atoms with Crippen molar-refractivity contribution in [2.75, 3.05) is 51.9 Å². The highest BCUT2D eigenvalue weighted by Crippen LogP contribution is 2.49. The molecule has 9 aromatic carbocycles. The summed E-state index contributed by atoms with van der Waals surface area (Å²) < 4.78 is 90.1. The quantitative estimate of drug-likeness (QED) is 0.0332. The van der Waals surface area contributed by atoms with Crippen LogP contribution in [0.25, 0.3) is 116 Å². The Morgan fingerprint density at radius 1 is 0.440 bits per heavy atom. The van der Waals surface area contributed by atoms with Crippen LogP contribution in [0, 0.1) is 17.5 Å². The van der Waals surface area contributed by atoms with Gasteiger partial charge in [-0.2, -0.15) is 15.3 Å². The van der Waals surface area contributed by atoms with Crippen LogP contribution in [0.4, 0.5) is 13.2 Å². The number of carbonyl (C=O) groups is 4. The fourth-order valence-electron chi connectivity index (χ4n) is 17.1. The molecule has 20 nitrogen and oxygen atoms in total. The van der Waals surface area contributed by atoms with Crippen LogP contribution in [-0.2, 0) is 28.8 Å². The molecule has 4 aliphatic rings. The van der Waals surface area contributed by atoms with E-state index in [0.717, 1.165) is 179 Å².